The third-order valence-electron chi connectivity index (χ3n) is 6.55. The first-order valence-electron chi connectivity index (χ1n) is 12.3. The molecule has 5 nitrogen and oxygen atoms in total. The van der Waals surface area contributed by atoms with E-state index in [0.29, 0.717) is 41.8 Å². The van der Waals surface area contributed by atoms with E-state index < -0.39 is 0 Å². The van der Waals surface area contributed by atoms with Crippen molar-refractivity contribution in [3.8, 4) is 0 Å². The molecular formula is C28H30Cl2FN3O2S. The van der Waals surface area contributed by atoms with Gasteiger partial charge >= 0.3 is 0 Å². The van der Waals surface area contributed by atoms with Gasteiger partial charge in [-0.2, -0.15) is 0 Å². The van der Waals surface area contributed by atoms with Crippen LogP contribution in [0.25, 0.3) is 0 Å². The first-order chi connectivity index (χ1) is 17.8. The molecular weight excluding hydrogens is 532 g/mol. The van der Waals surface area contributed by atoms with Crippen LogP contribution in [0.4, 0.5) is 4.39 Å². The Balaban J connectivity index is 1.56. The summed E-state index contributed by atoms with van der Waals surface area (Å²) in [6.45, 7) is 5.75. The van der Waals surface area contributed by atoms with Crippen LogP contribution in [-0.2, 0) is 17.9 Å². The fourth-order valence-electron chi connectivity index (χ4n) is 4.43. The molecule has 37 heavy (non-hydrogen) atoms. The third-order valence-corrected chi connectivity index (χ3v) is 7.99. The van der Waals surface area contributed by atoms with Crippen LogP contribution in [0.3, 0.4) is 0 Å². The van der Waals surface area contributed by atoms with Crippen molar-refractivity contribution in [2.45, 2.75) is 32.9 Å². The van der Waals surface area contributed by atoms with E-state index in [9.17, 15) is 14.0 Å². The highest BCUT2D eigenvalue weighted by Gasteiger charge is 2.25. The molecule has 3 aromatic rings. The highest BCUT2D eigenvalue weighted by molar-refractivity contribution is 7.10. The Morgan fingerprint density at radius 2 is 1.65 bits per heavy atom. The van der Waals surface area contributed by atoms with Crippen molar-refractivity contribution in [1.29, 1.82) is 0 Å². The molecule has 4 rings (SSSR count). The van der Waals surface area contributed by atoms with Crippen molar-refractivity contribution in [3.05, 3.63) is 91.3 Å². The standard InChI is InChI=1S/C28H30Cl2FN3O2S/c1-20-8-13-37-26(20)18-34(17-21-4-6-25(31)7-5-21)27(35)19-33(12-11-32-9-2-3-10-32)28(36)22-14-23(29)16-24(30)15-22/h4-8,13-16H,2-3,9-12,17-19H2,1H3. The number of aryl methyl sites for hydroxylation is 1. The van der Waals surface area contributed by atoms with Crippen molar-refractivity contribution in [3.63, 3.8) is 0 Å². The molecule has 0 unspecified atom stereocenters. The lowest BCUT2D eigenvalue weighted by Gasteiger charge is -2.29. The van der Waals surface area contributed by atoms with Crippen LogP contribution < -0.4 is 0 Å². The Kier molecular flexibility index (Phi) is 9.60. The van der Waals surface area contributed by atoms with Crippen molar-refractivity contribution in [2.75, 3.05) is 32.7 Å². The van der Waals surface area contributed by atoms with Gasteiger partial charge in [0.05, 0.1) is 6.54 Å². The molecule has 0 radical (unpaired) electrons. The van der Waals surface area contributed by atoms with Crippen LogP contribution in [0.15, 0.2) is 53.9 Å². The Morgan fingerprint density at radius 1 is 0.973 bits per heavy atom. The van der Waals surface area contributed by atoms with Crippen LogP contribution in [0.2, 0.25) is 10.0 Å². The number of rotatable bonds is 10. The molecule has 196 valence electrons. The van der Waals surface area contributed by atoms with Gasteiger partial charge in [-0.05, 0) is 85.8 Å². The first kappa shape index (κ1) is 27.6. The lowest BCUT2D eigenvalue weighted by molar-refractivity contribution is -0.133. The second kappa shape index (κ2) is 12.9. The summed E-state index contributed by atoms with van der Waals surface area (Å²) in [6.07, 6.45) is 2.28. The van der Waals surface area contributed by atoms with E-state index in [2.05, 4.69) is 4.90 Å². The summed E-state index contributed by atoms with van der Waals surface area (Å²) in [5.74, 6) is -0.791. The smallest absolute Gasteiger partial charge is 0.254 e. The zero-order valence-corrected chi connectivity index (χ0v) is 23.1. The molecule has 9 heteroatoms. The van der Waals surface area contributed by atoms with Crippen LogP contribution in [-0.4, -0.2) is 59.2 Å². The van der Waals surface area contributed by atoms with E-state index in [1.165, 1.54) is 12.1 Å². The molecule has 1 aliphatic rings. The van der Waals surface area contributed by atoms with E-state index in [1.807, 2.05) is 18.4 Å². The summed E-state index contributed by atoms with van der Waals surface area (Å²) in [5.41, 5.74) is 2.28. The van der Waals surface area contributed by atoms with Crippen LogP contribution in [0, 0.1) is 12.7 Å². The second-order valence-electron chi connectivity index (χ2n) is 9.34. The number of likely N-dealkylation sites (tertiary alicyclic amines) is 1. The fraction of sp³-hybridized carbons (Fsp3) is 0.357. The van der Waals surface area contributed by atoms with Gasteiger partial charge in [-0.25, -0.2) is 4.39 Å². The molecule has 1 saturated heterocycles. The zero-order chi connectivity index (χ0) is 26.4. The molecule has 0 spiro atoms. The van der Waals surface area contributed by atoms with E-state index in [0.717, 1.165) is 41.9 Å². The number of carbonyl (C=O) groups excluding carboxylic acids is 2. The Hall–Kier alpha value is -2.45. The van der Waals surface area contributed by atoms with E-state index in [-0.39, 0.29) is 24.2 Å². The lowest BCUT2D eigenvalue weighted by atomic mass is 10.1. The van der Waals surface area contributed by atoms with Crippen molar-refractivity contribution >= 4 is 46.4 Å². The van der Waals surface area contributed by atoms with E-state index in [1.54, 1.807) is 51.5 Å². The van der Waals surface area contributed by atoms with Crippen LogP contribution in [0.5, 0.6) is 0 Å². The van der Waals surface area contributed by atoms with Gasteiger partial charge in [0, 0.05) is 40.1 Å². The molecule has 0 bridgehead atoms. The Labute approximate surface area is 231 Å². The fourth-order valence-corrected chi connectivity index (χ4v) is 5.87. The number of thiophene rings is 1. The van der Waals surface area contributed by atoms with E-state index in [4.69, 9.17) is 23.2 Å². The molecule has 0 saturated carbocycles. The maximum absolute atomic E-state index is 13.7. The molecule has 1 aliphatic heterocycles. The molecule has 0 atom stereocenters. The summed E-state index contributed by atoms with van der Waals surface area (Å²) in [7, 11) is 0. The summed E-state index contributed by atoms with van der Waals surface area (Å²) in [5, 5.41) is 2.74. The summed E-state index contributed by atoms with van der Waals surface area (Å²) in [6, 6.07) is 12.9. The maximum atomic E-state index is 13.7. The largest absolute Gasteiger partial charge is 0.332 e. The topological polar surface area (TPSA) is 43.9 Å². The average molecular weight is 563 g/mol. The van der Waals surface area contributed by atoms with Gasteiger partial charge in [-0.1, -0.05) is 35.3 Å². The summed E-state index contributed by atoms with van der Waals surface area (Å²) < 4.78 is 13.5. The number of halogens is 3. The molecule has 2 aromatic carbocycles. The van der Waals surface area contributed by atoms with Crippen molar-refractivity contribution in [2.24, 2.45) is 0 Å². The predicted octanol–water partition coefficient (Wildman–Crippen LogP) is 6.27. The number of nitrogens with zero attached hydrogens (tertiary/aromatic N) is 3. The third kappa shape index (κ3) is 7.77. The first-order valence-corrected chi connectivity index (χ1v) is 13.9. The van der Waals surface area contributed by atoms with Gasteiger partial charge in [0.15, 0.2) is 0 Å². The Morgan fingerprint density at radius 3 is 2.27 bits per heavy atom. The highest BCUT2D eigenvalue weighted by Crippen LogP contribution is 2.22. The van der Waals surface area contributed by atoms with Gasteiger partial charge in [0.25, 0.3) is 5.91 Å². The van der Waals surface area contributed by atoms with Gasteiger partial charge < -0.3 is 14.7 Å². The minimum atomic E-state index is -0.324. The zero-order valence-electron chi connectivity index (χ0n) is 20.8. The number of carbonyl (C=O) groups is 2. The Bertz CT molecular complexity index is 1210. The number of hydrogen-bond acceptors (Lipinski definition) is 4. The quantitative estimate of drug-likeness (QED) is 0.293. The minimum absolute atomic E-state index is 0.0809. The van der Waals surface area contributed by atoms with Gasteiger partial charge in [0.2, 0.25) is 5.91 Å². The van der Waals surface area contributed by atoms with Crippen LogP contribution >= 0.6 is 34.5 Å². The molecule has 2 amide bonds. The lowest BCUT2D eigenvalue weighted by Crippen LogP contribution is -2.45. The maximum Gasteiger partial charge on any atom is 0.254 e. The molecule has 0 N–H and O–H groups in total. The highest BCUT2D eigenvalue weighted by atomic mass is 35.5. The summed E-state index contributed by atoms with van der Waals surface area (Å²) >= 11 is 13.9. The molecule has 0 aliphatic carbocycles. The second-order valence-corrected chi connectivity index (χ2v) is 11.2. The van der Waals surface area contributed by atoms with Crippen LogP contribution in [0.1, 0.15) is 39.2 Å². The minimum Gasteiger partial charge on any atom is -0.332 e. The molecule has 1 fully saturated rings. The van der Waals surface area contributed by atoms with Gasteiger partial charge in [-0.15, -0.1) is 11.3 Å². The van der Waals surface area contributed by atoms with Crippen molar-refractivity contribution in [1.82, 2.24) is 14.7 Å². The van der Waals surface area contributed by atoms with Gasteiger partial charge in [-0.3, -0.25) is 9.59 Å². The molecule has 1 aromatic heterocycles. The predicted molar refractivity (Wildman–Crippen MR) is 148 cm³/mol. The normalized spacial score (nSPS) is 13.6. The average Bonchev–Trinajstić information content (AvgIpc) is 3.53. The molecule has 2 heterocycles. The van der Waals surface area contributed by atoms with E-state index >= 15 is 0 Å². The van der Waals surface area contributed by atoms with Gasteiger partial charge in [0.1, 0.15) is 12.4 Å². The number of hydrogen-bond donors (Lipinski definition) is 0. The van der Waals surface area contributed by atoms with Crippen molar-refractivity contribution < 1.29 is 14.0 Å². The summed E-state index contributed by atoms with van der Waals surface area (Å²) in [4.78, 5) is 34.0. The monoisotopic (exact) mass is 561 g/mol. The number of amides is 2. The SMILES string of the molecule is Cc1ccsc1CN(Cc1ccc(F)cc1)C(=O)CN(CCN1CCCC1)C(=O)c1cc(Cl)cc(Cl)c1. The number of benzene rings is 2.